The molecule has 0 aliphatic carbocycles. The molecule has 0 fully saturated rings. The Morgan fingerprint density at radius 3 is 2.14 bits per heavy atom. The van der Waals surface area contributed by atoms with Gasteiger partial charge in [0.05, 0.1) is 5.69 Å². The Balaban J connectivity index is 1.30. The lowest BCUT2D eigenvalue weighted by molar-refractivity contribution is 0.452. The third-order valence-electron chi connectivity index (χ3n) is 6.54. The summed E-state index contributed by atoms with van der Waals surface area (Å²) in [4.78, 5) is 29.7. The van der Waals surface area contributed by atoms with Crippen LogP contribution in [-0.2, 0) is 6.54 Å². The highest BCUT2D eigenvalue weighted by Crippen LogP contribution is 2.34. The zero-order valence-corrected chi connectivity index (χ0v) is 23.9. The van der Waals surface area contributed by atoms with Crippen LogP contribution in [0.3, 0.4) is 0 Å². The Kier molecular flexibility index (Phi) is 7.97. The Hall–Kier alpha value is -6.01. The van der Waals surface area contributed by atoms with E-state index in [4.69, 9.17) is 12.2 Å². The van der Waals surface area contributed by atoms with Crippen molar-refractivity contribution in [1.29, 1.82) is 0 Å². The first kappa shape index (κ1) is 28.1. The molecule has 0 saturated carbocycles. The van der Waals surface area contributed by atoms with Crippen molar-refractivity contribution in [3.05, 3.63) is 119 Å². The van der Waals surface area contributed by atoms with Crippen LogP contribution < -0.4 is 26.8 Å². The molecule has 0 aliphatic heterocycles. The van der Waals surface area contributed by atoms with Crippen molar-refractivity contribution >= 4 is 57.3 Å². The van der Waals surface area contributed by atoms with Gasteiger partial charge in [-0.05, 0) is 66.3 Å². The van der Waals surface area contributed by atoms with Crippen molar-refractivity contribution in [2.24, 2.45) is 0 Å². The highest BCUT2D eigenvalue weighted by Gasteiger charge is 2.19. The number of fused-ring (bicyclic) bond motifs is 1. The molecule has 44 heavy (non-hydrogen) atoms. The first-order valence-corrected chi connectivity index (χ1v) is 13.9. The number of rotatable bonds is 8. The molecule has 218 valence electrons. The van der Waals surface area contributed by atoms with E-state index in [1.54, 1.807) is 0 Å². The molecule has 0 unspecified atom stereocenters. The number of para-hydroxylation sites is 1. The molecule has 2 heterocycles. The van der Waals surface area contributed by atoms with E-state index in [0.717, 1.165) is 16.9 Å². The van der Waals surface area contributed by atoms with Gasteiger partial charge < -0.3 is 31.5 Å². The van der Waals surface area contributed by atoms with Gasteiger partial charge in [0.2, 0.25) is 11.9 Å². The fourth-order valence-corrected chi connectivity index (χ4v) is 4.70. The zero-order chi connectivity index (χ0) is 30.5. The molecule has 0 spiro atoms. The molecule has 0 atom stereocenters. The summed E-state index contributed by atoms with van der Waals surface area (Å²) in [6, 6.07) is 30.6. The minimum absolute atomic E-state index is 0.0841. The average Bonchev–Trinajstić information content (AvgIpc) is 3.01. The van der Waals surface area contributed by atoms with E-state index in [2.05, 4.69) is 41.2 Å². The first-order valence-electron chi connectivity index (χ1n) is 13.5. The summed E-state index contributed by atoms with van der Waals surface area (Å²) in [5.74, 6) is -0.00636. The average molecular weight is 603 g/mol. The van der Waals surface area contributed by atoms with Gasteiger partial charge in [0.1, 0.15) is 16.9 Å². The number of hydrogen-bond acceptors (Lipinski definition) is 9. The summed E-state index contributed by atoms with van der Waals surface area (Å²) in [6.07, 6.45) is 0. The number of H-pyrrole nitrogens is 1. The first-order chi connectivity index (χ1) is 21.4. The summed E-state index contributed by atoms with van der Waals surface area (Å²) in [5.41, 5.74) is 3.30. The number of aromatic hydroxyl groups is 2. The van der Waals surface area contributed by atoms with Crippen molar-refractivity contribution in [1.82, 2.24) is 19.9 Å². The highest BCUT2D eigenvalue weighted by atomic mass is 32.1. The largest absolute Gasteiger partial charge is 0.508 e. The van der Waals surface area contributed by atoms with Crippen molar-refractivity contribution in [3.63, 3.8) is 0 Å². The number of phenols is 2. The summed E-state index contributed by atoms with van der Waals surface area (Å²) >= 11 is 5.41. The second-order valence-electron chi connectivity index (χ2n) is 9.70. The van der Waals surface area contributed by atoms with Crippen LogP contribution in [0.4, 0.5) is 29.0 Å². The van der Waals surface area contributed by atoms with E-state index < -0.39 is 5.56 Å². The number of phenolic OH excluding ortho intramolecular Hbond substituents is 2. The molecule has 0 bridgehead atoms. The molecule has 12 heteroatoms. The molecule has 0 saturated heterocycles. The fourth-order valence-electron chi connectivity index (χ4n) is 4.46. The van der Waals surface area contributed by atoms with Gasteiger partial charge in [-0.25, -0.2) is 4.98 Å². The molecular formula is C32H26N8O3S. The quantitative estimate of drug-likeness (QED) is 0.103. The zero-order valence-electron chi connectivity index (χ0n) is 23.1. The maximum absolute atomic E-state index is 13.3. The SMILES string of the molecule is O=c1[nH]c(NCc2ccccc2)nc2nc(Nc3ccc(NC(=S)Nc4ccccc4)cc3)nc(-c3ccc(O)cc3O)c12. The Labute approximate surface area is 256 Å². The molecule has 6 aromatic rings. The van der Waals surface area contributed by atoms with E-state index in [1.165, 1.54) is 18.2 Å². The summed E-state index contributed by atoms with van der Waals surface area (Å²) in [7, 11) is 0. The van der Waals surface area contributed by atoms with Crippen molar-refractivity contribution in [2.75, 3.05) is 21.3 Å². The van der Waals surface area contributed by atoms with Gasteiger partial charge in [-0.2, -0.15) is 9.97 Å². The second-order valence-corrected chi connectivity index (χ2v) is 10.1. The highest BCUT2D eigenvalue weighted by molar-refractivity contribution is 7.80. The van der Waals surface area contributed by atoms with E-state index >= 15 is 0 Å². The van der Waals surface area contributed by atoms with Crippen molar-refractivity contribution in [3.8, 4) is 22.8 Å². The molecule has 0 radical (unpaired) electrons. The molecule has 7 N–H and O–H groups in total. The van der Waals surface area contributed by atoms with Crippen LogP contribution >= 0.6 is 12.2 Å². The van der Waals surface area contributed by atoms with Crippen LogP contribution in [0.15, 0.2) is 108 Å². The van der Waals surface area contributed by atoms with Crippen LogP contribution in [0.2, 0.25) is 0 Å². The maximum atomic E-state index is 13.3. The van der Waals surface area contributed by atoms with Gasteiger partial charge in [-0.3, -0.25) is 9.78 Å². The molecular weight excluding hydrogens is 576 g/mol. The van der Waals surface area contributed by atoms with Crippen molar-refractivity contribution in [2.45, 2.75) is 6.54 Å². The number of anilines is 5. The van der Waals surface area contributed by atoms with Crippen molar-refractivity contribution < 1.29 is 10.2 Å². The van der Waals surface area contributed by atoms with Gasteiger partial charge in [-0.1, -0.05) is 48.5 Å². The Morgan fingerprint density at radius 2 is 1.43 bits per heavy atom. The number of aromatic nitrogens is 4. The van der Waals surface area contributed by atoms with Gasteiger partial charge in [0.25, 0.3) is 5.56 Å². The monoisotopic (exact) mass is 602 g/mol. The predicted octanol–water partition coefficient (Wildman–Crippen LogP) is 5.96. The van der Waals surface area contributed by atoms with Gasteiger partial charge in [0.15, 0.2) is 10.8 Å². The Morgan fingerprint density at radius 1 is 0.773 bits per heavy atom. The summed E-state index contributed by atoms with van der Waals surface area (Å²) in [6.45, 7) is 0.432. The number of nitrogens with zero attached hydrogens (tertiary/aromatic N) is 3. The third-order valence-corrected chi connectivity index (χ3v) is 6.74. The number of thiocarbonyl (C=S) groups is 1. The summed E-state index contributed by atoms with van der Waals surface area (Å²) in [5, 5.41) is 33.5. The molecule has 6 rings (SSSR count). The van der Waals surface area contributed by atoms with Crippen LogP contribution in [0.5, 0.6) is 11.5 Å². The normalized spacial score (nSPS) is 10.7. The lowest BCUT2D eigenvalue weighted by Crippen LogP contribution is -2.18. The van der Waals surface area contributed by atoms with E-state index in [-0.39, 0.29) is 45.7 Å². The topological polar surface area (TPSA) is 160 Å². The number of nitrogens with one attached hydrogen (secondary N) is 5. The van der Waals surface area contributed by atoms with Crippen LogP contribution in [0, 0.1) is 0 Å². The van der Waals surface area contributed by atoms with E-state index in [9.17, 15) is 15.0 Å². The lowest BCUT2D eigenvalue weighted by Gasteiger charge is -2.13. The standard InChI is InChI=1S/C32H26N8O3S/c41-23-15-16-24(25(42)17-23)27-26-28(38-30(40-29(26)43)33-18-19-7-3-1-4-8-19)39-31(37-27)34-21-11-13-22(14-12-21)36-32(44)35-20-9-5-2-6-10-20/h1-17,41-42H,18H2,(H2,35,36,44)(H3,33,34,37,38,39,40,43). The van der Waals surface area contributed by atoms with Crippen LogP contribution in [0.25, 0.3) is 22.3 Å². The van der Waals surface area contributed by atoms with Gasteiger partial charge in [-0.15, -0.1) is 0 Å². The minimum Gasteiger partial charge on any atom is -0.508 e. The number of benzene rings is 4. The van der Waals surface area contributed by atoms with E-state index in [1.807, 2.05) is 84.9 Å². The molecule has 0 amide bonds. The molecule has 11 nitrogen and oxygen atoms in total. The maximum Gasteiger partial charge on any atom is 0.264 e. The number of aromatic amines is 1. The predicted molar refractivity (Wildman–Crippen MR) is 176 cm³/mol. The van der Waals surface area contributed by atoms with Gasteiger partial charge >= 0.3 is 0 Å². The Bertz CT molecular complexity index is 2000. The molecule has 2 aromatic heterocycles. The molecule has 4 aromatic carbocycles. The second kappa shape index (κ2) is 12.5. The van der Waals surface area contributed by atoms with E-state index in [0.29, 0.717) is 17.3 Å². The third kappa shape index (κ3) is 6.55. The molecule has 0 aliphatic rings. The van der Waals surface area contributed by atoms with Crippen LogP contribution in [0.1, 0.15) is 5.56 Å². The lowest BCUT2D eigenvalue weighted by atomic mass is 10.1. The number of hydrogen-bond donors (Lipinski definition) is 7. The van der Waals surface area contributed by atoms with Crippen LogP contribution in [-0.4, -0.2) is 35.3 Å². The van der Waals surface area contributed by atoms with Gasteiger partial charge in [0, 0.05) is 35.2 Å². The fraction of sp³-hybridized carbons (Fsp3) is 0.0312. The summed E-state index contributed by atoms with van der Waals surface area (Å²) < 4.78 is 0. The smallest absolute Gasteiger partial charge is 0.264 e. The minimum atomic E-state index is -0.491.